The van der Waals surface area contributed by atoms with Gasteiger partial charge in [0.15, 0.2) is 0 Å². The van der Waals surface area contributed by atoms with E-state index >= 15 is 0 Å². The number of rotatable bonds is 6. The van der Waals surface area contributed by atoms with Crippen LogP contribution >= 0.6 is 11.3 Å². The van der Waals surface area contributed by atoms with Gasteiger partial charge in [-0.15, -0.1) is 11.3 Å². The molecule has 1 atom stereocenters. The average molecular weight is 282 g/mol. The first-order chi connectivity index (χ1) is 8.72. The van der Waals surface area contributed by atoms with Crippen LogP contribution in [0.15, 0.2) is 12.1 Å². The predicted octanol–water partition coefficient (Wildman–Crippen LogP) is 5.52. The van der Waals surface area contributed by atoms with Gasteiger partial charge < -0.3 is 5.32 Å². The highest BCUT2D eigenvalue weighted by atomic mass is 32.1. The van der Waals surface area contributed by atoms with Gasteiger partial charge in [0.2, 0.25) is 0 Å². The van der Waals surface area contributed by atoms with Crippen LogP contribution in [0.2, 0.25) is 0 Å². The molecule has 0 amide bonds. The van der Waals surface area contributed by atoms with Gasteiger partial charge in [0, 0.05) is 15.8 Å². The maximum atomic E-state index is 3.75. The first-order valence-corrected chi connectivity index (χ1v) is 8.37. The third-order valence-corrected chi connectivity index (χ3v) is 5.52. The topological polar surface area (TPSA) is 12.0 Å². The van der Waals surface area contributed by atoms with Crippen molar-refractivity contribution < 1.29 is 0 Å². The summed E-state index contributed by atoms with van der Waals surface area (Å²) in [6.07, 6.45) is 2.38. The lowest BCUT2D eigenvalue weighted by atomic mass is 9.81. The van der Waals surface area contributed by atoms with Gasteiger partial charge in [-0.1, -0.05) is 48.5 Å². The standard InChI is InChI=1S/C17H31NS/c1-8-12-18-15(17(6,7)9-2)13-10-11-14(19-13)16(3,4)5/h10-11,15,18H,8-9,12H2,1-7H3. The fourth-order valence-corrected chi connectivity index (χ4v) is 3.52. The first kappa shape index (κ1) is 16.7. The van der Waals surface area contributed by atoms with E-state index in [4.69, 9.17) is 0 Å². The van der Waals surface area contributed by atoms with Crippen molar-refractivity contribution in [3.8, 4) is 0 Å². The van der Waals surface area contributed by atoms with Crippen LogP contribution in [0.1, 0.15) is 77.1 Å². The summed E-state index contributed by atoms with van der Waals surface area (Å²) in [5.41, 5.74) is 0.559. The molecular weight excluding hydrogens is 250 g/mol. The summed E-state index contributed by atoms with van der Waals surface area (Å²) in [4.78, 5) is 2.97. The van der Waals surface area contributed by atoms with E-state index in [2.05, 4.69) is 65.9 Å². The Hall–Kier alpha value is -0.340. The van der Waals surface area contributed by atoms with Crippen LogP contribution in [0.4, 0.5) is 0 Å². The first-order valence-electron chi connectivity index (χ1n) is 7.56. The molecule has 0 bridgehead atoms. The lowest BCUT2D eigenvalue weighted by Gasteiger charge is -2.34. The Morgan fingerprint density at radius 1 is 1.11 bits per heavy atom. The zero-order valence-electron chi connectivity index (χ0n) is 13.8. The van der Waals surface area contributed by atoms with Crippen molar-refractivity contribution >= 4 is 11.3 Å². The van der Waals surface area contributed by atoms with Crippen LogP contribution in [0.25, 0.3) is 0 Å². The number of hydrogen-bond donors (Lipinski definition) is 1. The molecule has 0 aromatic carbocycles. The third kappa shape index (κ3) is 4.32. The molecule has 2 heteroatoms. The largest absolute Gasteiger partial charge is 0.309 e. The van der Waals surface area contributed by atoms with E-state index in [0.29, 0.717) is 11.5 Å². The molecule has 0 radical (unpaired) electrons. The van der Waals surface area contributed by atoms with Crippen LogP contribution in [0.5, 0.6) is 0 Å². The van der Waals surface area contributed by atoms with Crippen LogP contribution in [-0.4, -0.2) is 6.54 Å². The van der Waals surface area contributed by atoms with E-state index in [1.54, 1.807) is 0 Å². The molecule has 0 saturated heterocycles. The molecule has 1 aromatic rings. The summed E-state index contributed by atoms with van der Waals surface area (Å²) in [6, 6.07) is 5.11. The van der Waals surface area contributed by atoms with E-state index in [9.17, 15) is 0 Å². The number of nitrogens with one attached hydrogen (secondary N) is 1. The van der Waals surface area contributed by atoms with Gasteiger partial charge in [-0.05, 0) is 42.3 Å². The Labute approximate surface area is 123 Å². The smallest absolute Gasteiger partial charge is 0.0466 e. The Morgan fingerprint density at radius 3 is 2.16 bits per heavy atom. The molecule has 19 heavy (non-hydrogen) atoms. The Balaban J connectivity index is 3.01. The Kier molecular flexibility index (Phi) is 5.64. The minimum Gasteiger partial charge on any atom is -0.309 e. The molecule has 1 aromatic heterocycles. The molecule has 1 heterocycles. The molecule has 0 aliphatic rings. The molecule has 0 spiro atoms. The monoisotopic (exact) mass is 281 g/mol. The molecule has 0 aliphatic heterocycles. The molecule has 1 nitrogen and oxygen atoms in total. The number of hydrogen-bond acceptors (Lipinski definition) is 2. The second kappa shape index (κ2) is 6.41. The zero-order chi connectivity index (χ0) is 14.7. The second-order valence-corrected chi connectivity index (χ2v) is 8.30. The van der Waals surface area contributed by atoms with Crippen LogP contribution in [-0.2, 0) is 5.41 Å². The summed E-state index contributed by atoms with van der Waals surface area (Å²) in [5.74, 6) is 0. The molecule has 0 fully saturated rings. The molecular formula is C17H31NS. The molecule has 0 aliphatic carbocycles. The van der Waals surface area contributed by atoms with E-state index in [0.717, 1.165) is 6.54 Å². The van der Waals surface area contributed by atoms with Crippen molar-refractivity contribution in [3.63, 3.8) is 0 Å². The molecule has 1 N–H and O–H groups in total. The Morgan fingerprint density at radius 2 is 1.74 bits per heavy atom. The lowest BCUT2D eigenvalue weighted by molar-refractivity contribution is 0.238. The fourth-order valence-electron chi connectivity index (χ4n) is 2.17. The second-order valence-electron chi connectivity index (χ2n) is 7.18. The van der Waals surface area contributed by atoms with E-state index in [-0.39, 0.29) is 5.41 Å². The fraction of sp³-hybridized carbons (Fsp3) is 0.765. The van der Waals surface area contributed by atoms with Gasteiger partial charge in [0.25, 0.3) is 0 Å². The SMILES string of the molecule is CCCNC(c1ccc(C(C)(C)C)s1)C(C)(C)CC. The molecule has 0 saturated carbocycles. The van der Waals surface area contributed by atoms with E-state index in [1.807, 2.05) is 11.3 Å². The van der Waals surface area contributed by atoms with Crippen LogP contribution < -0.4 is 5.32 Å². The van der Waals surface area contributed by atoms with Gasteiger partial charge in [-0.2, -0.15) is 0 Å². The van der Waals surface area contributed by atoms with Crippen molar-refractivity contribution in [2.24, 2.45) is 5.41 Å². The highest BCUT2D eigenvalue weighted by molar-refractivity contribution is 7.12. The Bertz CT molecular complexity index is 384. The lowest BCUT2D eigenvalue weighted by Crippen LogP contribution is -2.33. The minimum absolute atomic E-state index is 0.259. The average Bonchev–Trinajstić information content (AvgIpc) is 2.78. The molecule has 110 valence electrons. The van der Waals surface area contributed by atoms with Crippen molar-refractivity contribution in [3.05, 3.63) is 21.9 Å². The van der Waals surface area contributed by atoms with Gasteiger partial charge in [0.05, 0.1) is 0 Å². The van der Waals surface area contributed by atoms with Crippen molar-refractivity contribution in [1.29, 1.82) is 0 Å². The highest BCUT2D eigenvalue weighted by Gasteiger charge is 2.30. The molecule has 1 unspecified atom stereocenters. The highest BCUT2D eigenvalue weighted by Crippen LogP contribution is 2.41. The summed E-state index contributed by atoms with van der Waals surface area (Å²) in [7, 11) is 0. The normalized spacial score (nSPS) is 14.7. The quantitative estimate of drug-likeness (QED) is 0.723. The summed E-state index contributed by atoms with van der Waals surface area (Å²) in [5, 5.41) is 3.75. The van der Waals surface area contributed by atoms with Crippen LogP contribution in [0, 0.1) is 5.41 Å². The zero-order valence-corrected chi connectivity index (χ0v) is 14.6. The van der Waals surface area contributed by atoms with Gasteiger partial charge in [0.1, 0.15) is 0 Å². The maximum absolute atomic E-state index is 3.75. The van der Waals surface area contributed by atoms with Crippen molar-refractivity contribution in [2.75, 3.05) is 6.54 Å². The van der Waals surface area contributed by atoms with E-state index in [1.165, 1.54) is 22.6 Å². The van der Waals surface area contributed by atoms with Gasteiger partial charge in [-0.3, -0.25) is 0 Å². The van der Waals surface area contributed by atoms with E-state index < -0.39 is 0 Å². The summed E-state index contributed by atoms with van der Waals surface area (Å²) >= 11 is 1.98. The molecule has 1 rings (SSSR count). The third-order valence-electron chi connectivity index (χ3n) is 3.94. The summed E-state index contributed by atoms with van der Waals surface area (Å²) in [6.45, 7) is 17.2. The predicted molar refractivity (Wildman–Crippen MR) is 88.1 cm³/mol. The summed E-state index contributed by atoms with van der Waals surface area (Å²) < 4.78 is 0. The van der Waals surface area contributed by atoms with Crippen LogP contribution in [0.3, 0.4) is 0 Å². The van der Waals surface area contributed by atoms with Gasteiger partial charge >= 0.3 is 0 Å². The number of thiophene rings is 1. The van der Waals surface area contributed by atoms with Crippen molar-refractivity contribution in [2.45, 2.75) is 72.8 Å². The minimum atomic E-state index is 0.259. The van der Waals surface area contributed by atoms with Gasteiger partial charge in [-0.25, -0.2) is 0 Å². The van der Waals surface area contributed by atoms with Crippen molar-refractivity contribution in [1.82, 2.24) is 5.32 Å². The maximum Gasteiger partial charge on any atom is 0.0466 e.